The second-order valence-electron chi connectivity index (χ2n) is 3.40. The molecule has 0 saturated heterocycles. The highest BCUT2D eigenvalue weighted by atomic mass is 19.1. The van der Waals surface area contributed by atoms with Crippen LogP contribution in [0.1, 0.15) is 12.8 Å². The number of hydrogen-bond donors (Lipinski definition) is 2. The largest absolute Gasteiger partial charge is 0.391 e. The highest BCUT2D eigenvalue weighted by Gasteiger charge is 2.28. The Morgan fingerprint density at radius 2 is 1.92 bits per heavy atom. The molecule has 2 rings (SSSR count). The Balaban J connectivity index is 1.98. The van der Waals surface area contributed by atoms with Crippen LogP contribution in [-0.2, 0) is 0 Å². The van der Waals surface area contributed by atoms with Gasteiger partial charge in [0.05, 0.1) is 12.1 Å². The summed E-state index contributed by atoms with van der Waals surface area (Å²) in [6.07, 6.45) is 1.60. The fourth-order valence-electron chi connectivity index (χ4n) is 1.41. The number of nitrogens with one attached hydrogen (secondary N) is 1. The van der Waals surface area contributed by atoms with Crippen LogP contribution in [0.2, 0.25) is 0 Å². The fourth-order valence-corrected chi connectivity index (χ4v) is 1.41. The molecule has 13 heavy (non-hydrogen) atoms. The topological polar surface area (TPSA) is 32.3 Å². The maximum atomic E-state index is 12.5. The van der Waals surface area contributed by atoms with E-state index in [0.717, 1.165) is 18.5 Å². The predicted octanol–water partition coefficient (Wildman–Crippen LogP) is 1.76. The molecule has 0 bridgehead atoms. The molecule has 1 aliphatic carbocycles. The highest BCUT2D eigenvalue weighted by molar-refractivity contribution is 5.44. The van der Waals surface area contributed by atoms with Gasteiger partial charge in [-0.15, -0.1) is 0 Å². The van der Waals surface area contributed by atoms with Gasteiger partial charge in [0.1, 0.15) is 5.82 Å². The molecule has 1 saturated carbocycles. The molecule has 2 atom stereocenters. The summed E-state index contributed by atoms with van der Waals surface area (Å²) in [6.45, 7) is 0. The van der Waals surface area contributed by atoms with E-state index in [1.165, 1.54) is 12.1 Å². The second kappa shape index (κ2) is 3.34. The van der Waals surface area contributed by atoms with Crippen molar-refractivity contribution in [1.82, 2.24) is 0 Å². The number of anilines is 1. The molecule has 0 amide bonds. The van der Waals surface area contributed by atoms with Crippen LogP contribution >= 0.6 is 0 Å². The predicted molar refractivity (Wildman–Crippen MR) is 49.1 cm³/mol. The summed E-state index contributed by atoms with van der Waals surface area (Å²) in [4.78, 5) is 0. The van der Waals surface area contributed by atoms with Crippen LogP contribution in [-0.4, -0.2) is 17.3 Å². The molecule has 1 aromatic carbocycles. The maximum absolute atomic E-state index is 12.5. The van der Waals surface area contributed by atoms with E-state index >= 15 is 0 Å². The minimum atomic E-state index is -0.245. The van der Waals surface area contributed by atoms with Crippen molar-refractivity contribution in [1.29, 1.82) is 0 Å². The minimum absolute atomic E-state index is 0.144. The van der Waals surface area contributed by atoms with E-state index in [-0.39, 0.29) is 18.0 Å². The normalized spacial score (nSPS) is 26.6. The van der Waals surface area contributed by atoms with Crippen molar-refractivity contribution >= 4 is 5.69 Å². The summed E-state index contributed by atoms with van der Waals surface area (Å²) in [6, 6.07) is 6.33. The lowest BCUT2D eigenvalue weighted by Crippen LogP contribution is -2.42. The molecule has 1 fully saturated rings. The number of aliphatic hydroxyl groups is 1. The molecule has 70 valence electrons. The molecule has 2 nitrogen and oxygen atoms in total. The average molecular weight is 181 g/mol. The molecule has 2 N–H and O–H groups in total. The SMILES string of the molecule is O[C@@H]1CC[C@H]1Nc1ccc(F)cc1. The zero-order chi connectivity index (χ0) is 9.26. The van der Waals surface area contributed by atoms with Gasteiger partial charge in [0, 0.05) is 5.69 Å². The van der Waals surface area contributed by atoms with Crippen molar-refractivity contribution in [2.45, 2.75) is 25.0 Å². The van der Waals surface area contributed by atoms with Gasteiger partial charge in [0.2, 0.25) is 0 Å². The van der Waals surface area contributed by atoms with Crippen LogP contribution in [0.5, 0.6) is 0 Å². The first kappa shape index (κ1) is 8.51. The zero-order valence-electron chi connectivity index (χ0n) is 7.20. The van der Waals surface area contributed by atoms with E-state index in [1.807, 2.05) is 0 Å². The van der Waals surface area contributed by atoms with E-state index in [1.54, 1.807) is 12.1 Å². The monoisotopic (exact) mass is 181 g/mol. The Hall–Kier alpha value is -1.09. The first-order valence-electron chi connectivity index (χ1n) is 4.46. The number of aliphatic hydroxyl groups excluding tert-OH is 1. The van der Waals surface area contributed by atoms with E-state index in [4.69, 9.17) is 0 Å². The number of hydrogen-bond acceptors (Lipinski definition) is 2. The molecule has 1 aliphatic rings. The summed E-state index contributed by atoms with van der Waals surface area (Å²) in [5.41, 5.74) is 0.866. The van der Waals surface area contributed by atoms with Gasteiger partial charge in [0.15, 0.2) is 0 Å². The molecule has 0 spiro atoms. The third kappa shape index (κ3) is 1.80. The smallest absolute Gasteiger partial charge is 0.123 e. The summed E-state index contributed by atoms with van der Waals surface area (Å²) < 4.78 is 12.5. The minimum Gasteiger partial charge on any atom is -0.391 e. The average Bonchev–Trinajstić information content (AvgIpc) is 2.15. The van der Waals surface area contributed by atoms with E-state index in [9.17, 15) is 9.50 Å². The van der Waals surface area contributed by atoms with Crippen LogP contribution in [0.3, 0.4) is 0 Å². The number of rotatable bonds is 2. The summed E-state index contributed by atoms with van der Waals surface area (Å²) in [5.74, 6) is -0.236. The van der Waals surface area contributed by atoms with Crippen LogP contribution in [0.25, 0.3) is 0 Å². The van der Waals surface area contributed by atoms with Gasteiger partial charge in [-0.1, -0.05) is 0 Å². The zero-order valence-corrected chi connectivity index (χ0v) is 7.20. The van der Waals surface area contributed by atoms with E-state index in [2.05, 4.69) is 5.32 Å². The Labute approximate surface area is 76.4 Å². The highest BCUT2D eigenvalue weighted by Crippen LogP contribution is 2.23. The summed E-state index contributed by atoms with van der Waals surface area (Å²) >= 11 is 0. The molecular weight excluding hydrogens is 169 g/mol. The van der Waals surface area contributed by atoms with Crippen LogP contribution in [0.4, 0.5) is 10.1 Å². The lowest BCUT2D eigenvalue weighted by Gasteiger charge is -2.33. The van der Waals surface area contributed by atoms with Gasteiger partial charge in [-0.25, -0.2) is 4.39 Å². The standard InChI is InChI=1S/C10H12FNO/c11-7-1-3-8(4-2-7)12-9-5-6-10(9)13/h1-4,9-10,12-13H,5-6H2/t9-,10-/m1/s1. The van der Waals surface area contributed by atoms with Gasteiger partial charge in [-0.05, 0) is 37.1 Å². The molecule has 0 aliphatic heterocycles. The maximum Gasteiger partial charge on any atom is 0.123 e. The van der Waals surface area contributed by atoms with E-state index < -0.39 is 0 Å². The Morgan fingerprint density at radius 1 is 1.23 bits per heavy atom. The lowest BCUT2D eigenvalue weighted by molar-refractivity contribution is 0.0786. The summed E-state index contributed by atoms with van der Waals surface area (Å²) in [7, 11) is 0. The van der Waals surface area contributed by atoms with Crippen LogP contribution in [0, 0.1) is 5.82 Å². The first-order valence-corrected chi connectivity index (χ1v) is 4.46. The van der Waals surface area contributed by atoms with Crippen molar-refractivity contribution < 1.29 is 9.50 Å². The Bertz CT molecular complexity index is 285. The Kier molecular flexibility index (Phi) is 2.19. The van der Waals surface area contributed by atoms with Gasteiger partial charge in [-0.3, -0.25) is 0 Å². The van der Waals surface area contributed by atoms with Crippen molar-refractivity contribution in [3.05, 3.63) is 30.1 Å². The van der Waals surface area contributed by atoms with Crippen molar-refractivity contribution in [3.8, 4) is 0 Å². The first-order chi connectivity index (χ1) is 6.25. The van der Waals surface area contributed by atoms with Gasteiger partial charge in [-0.2, -0.15) is 0 Å². The molecule has 0 radical (unpaired) electrons. The van der Waals surface area contributed by atoms with Crippen molar-refractivity contribution in [2.75, 3.05) is 5.32 Å². The third-order valence-electron chi connectivity index (χ3n) is 2.43. The molecule has 1 aromatic rings. The van der Waals surface area contributed by atoms with Crippen molar-refractivity contribution in [2.24, 2.45) is 0 Å². The second-order valence-corrected chi connectivity index (χ2v) is 3.40. The Morgan fingerprint density at radius 3 is 2.38 bits per heavy atom. The van der Waals surface area contributed by atoms with Crippen LogP contribution < -0.4 is 5.32 Å². The van der Waals surface area contributed by atoms with E-state index in [0.29, 0.717) is 0 Å². The van der Waals surface area contributed by atoms with Crippen LogP contribution in [0.15, 0.2) is 24.3 Å². The van der Waals surface area contributed by atoms with Gasteiger partial charge in [0.25, 0.3) is 0 Å². The third-order valence-corrected chi connectivity index (χ3v) is 2.43. The molecule has 0 unspecified atom stereocenters. The molecule has 0 heterocycles. The van der Waals surface area contributed by atoms with Crippen molar-refractivity contribution in [3.63, 3.8) is 0 Å². The lowest BCUT2D eigenvalue weighted by atomic mass is 9.89. The molecule has 0 aromatic heterocycles. The number of halogens is 1. The molecule has 3 heteroatoms. The van der Waals surface area contributed by atoms with Gasteiger partial charge < -0.3 is 10.4 Å². The molecular formula is C10H12FNO. The number of benzene rings is 1. The fraction of sp³-hybridized carbons (Fsp3) is 0.400. The van der Waals surface area contributed by atoms with Gasteiger partial charge >= 0.3 is 0 Å². The quantitative estimate of drug-likeness (QED) is 0.728. The summed E-state index contributed by atoms with van der Waals surface area (Å²) in [5, 5.41) is 12.4.